The average Bonchev–Trinajstić information content (AvgIpc) is 2.42. The molecule has 0 spiro atoms. The summed E-state index contributed by atoms with van der Waals surface area (Å²) in [4.78, 5) is 15.8. The van der Waals surface area contributed by atoms with E-state index in [1.807, 2.05) is 0 Å². The summed E-state index contributed by atoms with van der Waals surface area (Å²) in [5.41, 5.74) is -0.221. The van der Waals surface area contributed by atoms with Crippen molar-refractivity contribution in [1.82, 2.24) is 4.98 Å². The molecule has 6 heteroatoms. The molecule has 2 rings (SSSR count). The van der Waals surface area contributed by atoms with Gasteiger partial charge in [0.05, 0.1) is 5.56 Å². The number of nitrogens with zero attached hydrogens (tertiary/aromatic N) is 2. The fourth-order valence-corrected chi connectivity index (χ4v) is 1.57. The van der Waals surface area contributed by atoms with Gasteiger partial charge in [-0.25, -0.2) is 4.39 Å². The lowest BCUT2D eigenvalue weighted by atomic mass is 10.2. The van der Waals surface area contributed by atoms with Gasteiger partial charge in [-0.3, -0.25) is 4.79 Å². The van der Waals surface area contributed by atoms with Gasteiger partial charge in [0.25, 0.3) is 11.9 Å². The van der Waals surface area contributed by atoms with Crippen LogP contribution in [0.4, 0.5) is 18.9 Å². The van der Waals surface area contributed by atoms with E-state index in [4.69, 9.17) is 0 Å². The molecule has 0 aliphatic rings. The topological polar surface area (TPSA) is 33.2 Å². The highest BCUT2D eigenvalue weighted by molar-refractivity contribution is 6.05. The molecule has 0 bridgehead atoms. The van der Waals surface area contributed by atoms with Gasteiger partial charge in [0, 0.05) is 18.8 Å². The van der Waals surface area contributed by atoms with Crippen LogP contribution in [-0.2, 0) is 0 Å². The summed E-state index contributed by atoms with van der Waals surface area (Å²) in [6, 6.07) is 8.91. The molecule has 1 aromatic carbocycles. The van der Waals surface area contributed by atoms with E-state index in [9.17, 15) is 18.0 Å². The van der Waals surface area contributed by atoms with Crippen LogP contribution in [0.1, 0.15) is 10.4 Å². The van der Waals surface area contributed by atoms with E-state index in [0.29, 0.717) is 11.8 Å². The average molecular weight is 266 g/mol. The fourth-order valence-electron chi connectivity index (χ4n) is 1.57. The number of hydrogen-bond acceptors (Lipinski definition) is 2. The smallest absolute Gasteiger partial charge is 0.261 e. The molecule has 19 heavy (non-hydrogen) atoms. The van der Waals surface area contributed by atoms with Crippen molar-refractivity contribution in [3.63, 3.8) is 0 Å². The van der Waals surface area contributed by atoms with Gasteiger partial charge in [-0.15, -0.1) is 0 Å². The Bertz CT molecular complexity index is 617. The largest absolute Gasteiger partial charge is 0.311 e. The highest BCUT2D eigenvalue weighted by Gasteiger charge is 2.22. The first-order valence-corrected chi connectivity index (χ1v) is 5.35. The molecule has 0 saturated heterocycles. The number of rotatable bonds is 2. The Morgan fingerprint density at radius 1 is 1.16 bits per heavy atom. The molecule has 0 radical (unpaired) electrons. The van der Waals surface area contributed by atoms with Gasteiger partial charge in [0.1, 0.15) is 0 Å². The second-order valence-corrected chi connectivity index (χ2v) is 3.80. The highest BCUT2D eigenvalue weighted by Crippen LogP contribution is 2.18. The number of halogens is 3. The maximum absolute atomic E-state index is 13.5. The number of carbonyl (C=O) groups is 1. The van der Waals surface area contributed by atoms with Crippen LogP contribution in [-0.4, -0.2) is 17.9 Å². The third-order valence-electron chi connectivity index (χ3n) is 2.56. The molecule has 0 fully saturated rings. The number of para-hydroxylation sites is 1. The molecule has 0 aliphatic carbocycles. The van der Waals surface area contributed by atoms with E-state index in [2.05, 4.69) is 4.98 Å². The summed E-state index contributed by atoms with van der Waals surface area (Å²) in [5.74, 6) is -5.20. The summed E-state index contributed by atoms with van der Waals surface area (Å²) in [6.07, 6.45) is 0. The standard InChI is InChI=1S/C13H9F3N2O/c1-18(8-5-3-2-4-6-8)13(19)9-7-10(14)17-12(16)11(9)15/h2-7H,1H3. The molecule has 1 heterocycles. The van der Waals surface area contributed by atoms with E-state index in [-0.39, 0.29) is 0 Å². The van der Waals surface area contributed by atoms with Gasteiger partial charge in [-0.2, -0.15) is 13.8 Å². The molecule has 0 atom stereocenters. The first-order valence-electron chi connectivity index (χ1n) is 5.35. The molecule has 0 unspecified atom stereocenters. The number of amides is 1. The normalized spacial score (nSPS) is 10.3. The Morgan fingerprint density at radius 2 is 1.79 bits per heavy atom. The van der Waals surface area contributed by atoms with Crippen molar-refractivity contribution in [2.75, 3.05) is 11.9 Å². The number of pyridine rings is 1. The quantitative estimate of drug-likeness (QED) is 0.783. The molecule has 0 saturated carbocycles. The molecule has 0 aliphatic heterocycles. The number of hydrogen-bond donors (Lipinski definition) is 0. The van der Waals surface area contributed by atoms with Gasteiger partial charge in [-0.05, 0) is 12.1 Å². The van der Waals surface area contributed by atoms with Crippen LogP contribution in [0, 0.1) is 17.7 Å². The van der Waals surface area contributed by atoms with Crippen LogP contribution in [0.3, 0.4) is 0 Å². The lowest BCUT2D eigenvalue weighted by molar-refractivity contribution is 0.0987. The zero-order chi connectivity index (χ0) is 14.0. The maximum atomic E-state index is 13.5. The molecular formula is C13H9F3N2O. The van der Waals surface area contributed by atoms with Gasteiger partial charge < -0.3 is 4.90 Å². The third kappa shape index (κ3) is 2.57. The van der Waals surface area contributed by atoms with Crippen LogP contribution in [0.5, 0.6) is 0 Å². The predicted molar refractivity (Wildman–Crippen MR) is 63.3 cm³/mol. The van der Waals surface area contributed by atoms with Crippen molar-refractivity contribution in [3.8, 4) is 0 Å². The van der Waals surface area contributed by atoms with Crippen molar-refractivity contribution in [1.29, 1.82) is 0 Å². The molecular weight excluding hydrogens is 257 g/mol. The molecule has 0 N–H and O–H groups in total. The monoisotopic (exact) mass is 266 g/mol. The van der Waals surface area contributed by atoms with Gasteiger partial charge in [0.15, 0.2) is 5.82 Å². The van der Waals surface area contributed by atoms with Crippen molar-refractivity contribution < 1.29 is 18.0 Å². The lowest BCUT2D eigenvalue weighted by Crippen LogP contribution is -2.27. The number of benzene rings is 1. The van der Waals surface area contributed by atoms with Crippen molar-refractivity contribution in [2.24, 2.45) is 0 Å². The highest BCUT2D eigenvalue weighted by atomic mass is 19.2. The molecule has 1 amide bonds. The zero-order valence-electron chi connectivity index (χ0n) is 9.90. The lowest BCUT2D eigenvalue weighted by Gasteiger charge is -2.17. The molecule has 3 nitrogen and oxygen atoms in total. The van der Waals surface area contributed by atoms with Crippen molar-refractivity contribution in [3.05, 3.63) is 59.7 Å². The Labute approximate surface area is 107 Å². The summed E-state index contributed by atoms with van der Waals surface area (Å²) >= 11 is 0. The van der Waals surface area contributed by atoms with Crippen LogP contribution in [0.15, 0.2) is 36.4 Å². The van der Waals surface area contributed by atoms with Crippen LogP contribution in [0.2, 0.25) is 0 Å². The fraction of sp³-hybridized carbons (Fsp3) is 0.0769. The van der Waals surface area contributed by atoms with E-state index < -0.39 is 29.2 Å². The van der Waals surface area contributed by atoms with Gasteiger partial charge >= 0.3 is 0 Å². The van der Waals surface area contributed by atoms with Crippen LogP contribution < -0.4 is 4.90 Å². The summed E-state index contributed by atoms with van der Waals surface area (Å²) in [7, 11) is 1.38. The first-order chi connectivity index (χ1) is 9.00. The Morgan fingerprint density at radius 3 is 2.42 bits per heavy atom. The molecule has 2 aromatic rings. The molecule has 1 aromatic heterocycles. The summed E-state index contributed by atoms with van der Waals surface area (Å²) in [6.45, 7) is 0. The Kier molecular flexibility index (Phi) is 3.50. The SMILES string of the molecule is CN(C(=O)c1cc(F)nc(F)c1F)c1ccccc1. The number of carbonyl (C=O) groups excluding carboxylic acids is 1. The molecule has 98 valence electrons. The maximum Gasteiger partial charge on any atom is 0.261 e. The van der Waals surface area contributed by atoms with Crippen molar-refractivity contribution >= 4 is 11.6 Å². The van der Waals surface area contributed by atoms with Gasteiger partial charge in [0.2, 0.25) is 5.95 Å². The van der Waals surface area contributed by atoms with Crippen LogP contribution >= 0.6 is 0 Å². The Balaban J connectivity index is 2.40. The van der Waals surface area contributed by atoms with E-state index in [1.165, 1.54) is 7.05 Å². The summed E-state index contributed by atoms with van der Waals surface area (Å²) < 4.78 is 39.4. The minimum absolute atomic E-state index is 0.476. The number of aromatic nitrogens is 1. The first kappa shape index (κ1) is 13.1. The van der Waals surface area contributed by atoms with Crippen molar-refractivity contribution in [2.45, 2.75) is 0 Å². The minimum Gasteiger partial charge on any atom is -0.311 e. The van der Waals surface area contributed by atoms with E-state index in [1.54, 1.807) is 30.3 Å². The van der Waals surface area contributed by atoms with E-state index in [0.717, 1.165) is 4.90 Å². The minimum atomic E-state index is -1.63. The van der Waals surface area contributed by atoms with E-state index >= 15 is 0 Å². The Hall–Kier alpha value is -2.37. The zero-order valence-corrected chi connectivity index (χ0v) is 9.90. The predicted octanol–water partition coefficient (Wildman–Crippen LogP) is 2.78. The second kappa shape index (κ2) is 5.09. The third-order valence-corrected chi connectivity index (χ3v) is 2.56. The van der Waals surface area contributed by atoms with Gasteiger partial charge in [-0.1, -0.05) is 18.2 Å². The number of anilines is 1. The van der Waals surface area contributed by atoms with Crippen LogP contribution in [0.25, 0.3) is 0 Å². The second-order valence-electron chi connectivity index (χ2n) is 3.80. The summed E-state index contributed by atoms with van der Waals surface area (Å²) in [5, 5.41) is 0.